The quantitative estimate of drug-likeness (QED) is 0.737. The number of amides is 2. The Balaban J connectivity index is 1.68. The van der Waals surface area contributed by atoms with Gasteiger partial charge in [0, 0.05) is 29.8 Å². The first-order chi connectivity index (χ1) is 14.0. The molecule has 29 heavy (non-hydrogen) atoms. The fraction of sp³-hybridized carbons (Fsp3) is 0.333. The Kier molecular flexibility index (Phi) is 6.62. The number of hydrogen-bond donors (Lipinski definition) is 1. The Morgan fingerprint density at radius 2 is 2.00 bits per heavy atom. The number of hydrogen-bond acceptors (Lipinski definition) is 6. The SMILES string of the molecule is COC(=O)CCCC(=O)N1CCc2c(sc(NC(=O)c3ccccc3)c2C#N)C1. The summed E-state index contributed by atoms with van der Waals surface area (Å²) in [6, 6.07) is 11.0. The molecule has 150 valence electrons. The van der Waals surface area contributed by atoms with Gasteiger partial charge in [-0.05, 0) is 30.5 Å². The Hall–Kier alpha value is -3.18. The monoisotopic (exact) mass is 411 g/mol. The zero-order valence-corrected chi connectivity index (χ0v) is 16.9. The molecule has 0 saturated carbocycles. The standard InChI is InChI=1S/C21H21N3O4S/c1-28-19(26)9-5-8-18(25)24-11-10-15-16(12-22)21(29-17(15)13-24)23-20(27)14-6-3-2-4-7-14/h2-4,6-7H,5,8-11,13H2,1H3,(H,23,27). The molecule has 1 N–H and O–H groups in total. The van der Waals surface area contributed by atoms with Crippen LogP contribution in [0, 0.1) is 11.3 Å². The van der Waals surface area contributed by atoms with E-state index < -0.39 is 0 Å². The second-order valence-corrected chi connectivity index (χ2v) is 7.74. The third-order valence-corrected chi connectivity index (χ3v) is 5.92. The highest BCUT2D eigenvalue weighted by Crippen LogP contribution is 2.37. The number of esters is 1. The van der Waals surface area contributed by atoms with Crippen molar-refractivity contribution in [2.24, 2.45) is 0 Å². The topological polar surface area (TPSA) is 99.5 Å². The van der Waals surface area contributed by atoms with Gasteiger partial charge in [0.1, 0.15) is 11.1 Å². The molecule has 0 fully saturated rings. The average molecular weight is 411 g/mol. The summed E-state index contributed by atoms with van der Waals surface area (Å²) in [6.45, 7) is 0.925. The van der Waals surface area contributed by atoms with Gasteiger partial charge in [0.25, 0.3) is 5.91 Å². The van der Waals surface area contributed by atoms with Crippen molar-refractivity contribution in [1.82, 2.24) is 4.90 Å². The van der Waals surface area contributed by atoms with Crippen LogP contribution in [0.25, 0.3) is 0 Å². The van der Waals surface area contributed by atoms with E-state index in [2.05, 4.69) is 16.1 Å². The van der Waals surface area contributed by atoms with Gasteiger partial charge in [-0.3, -0.25) is 14.4 Å². The Morgan fingerprint density at radius 1 is 1.24 bits per heavy atom. The number of methoxy groups -OCH3 is 1. The van der Waals surface area contributed by atoms with Crippen molar-refractivity contribution < 1.29 is 19.1 Å². The number of nitrogens with zero attached hydrogens (tertiary/aromatic N) is 2. The van der Waals surface area contributed by atoms with Crippen molar-refractivity contribution in [3.05, 3.63) is 51.9 Å². The second kappa shape index (κ2) is 9.34. The van der Waals surface area contributed by atoms with Crippen LogP contribution in [-0.2, 0) is 27.3 Å². The number of nitriles is 1. The molecular formula is C21H21N3O4S. The Bertz CT molecular complexity index is 962. The maximum absolute atomic E-state index is 12.4. The van der Waals surface area contributed by atoms with E-state index in [4.69, 9.17) is 0 Å². The van der Waals surface area contributed by atoms with E-state index in [9.17, 15) is 19.6 Å². The summed E-state index contributed by atoms with van der Waals surface area (Å²) in [5, 5.41) is 12.9. The van der Waals surface area contributed by atoms with Gasteiger partial charge in [-0.25, -0.2) is 0 Å². The average Bonchev–Trinajstić information content (AvgIpc) is 3.09. The minimum absolute atomic E-state index is 0.0265. The highest BCUT2D eigenvalue weighted by molar-refractivity contribution is 7.16. The van der Waals surface area contributed by atoms with E-state index in [0.29, 0.717) is 42.1 Å². The molecule has 0 aliphatic carbocycles. The van der Waals surface area contributed by atoms with E-state index >= 15 is 0 Å². The summed E-state index contributed by atoms with van der Waals surface area (Å²) in [6.07, 6.45) is 1.51. The number of carbonyl (C=O) groups is 3. The van der Waals surface area contributed by atoms with Crippen LogP contribution in [0.4, 0.5) is 5.00 Å². The van der Waals surface area contributed by atoms with Crippen LogP contribution in [-0.4, -0.2) is 36.3 Å². The summed E-state index contributed by atoms with van der Waals surface area (Å²) in [5.74, 6) is -0.618. The van der Waals surface area contributed by atoms with Crippen molar-refractivity contribution in [1.29, 1.82) is 5.26 Å². The van der Waals surface area contributed by atoms with Crippen LogP contribution in [0.1, 0.15) is 45.6 Å². The fourth-order valence-corrected chi connectivity index (χ4v) is 4.44. The van der Waals surface area contributed by atoms with Gasteiger partial charge < -0.3 is 15.0 Å². The first-order valence-corrected chi connectivity index (χ1v) is 10.1. The van der Waals surface area contributed by atoms with Crippen molar-refractivity contribution in [2.45, 2.75) is 32.2 Å². The van der Waals surface area contributed by atoms with Gasteiger partial charge in [-0.2, -0.15) is 5.26 Å². The number of benzene rings is 1. The third-order valence-electron chi connectivity index (χ3n) is 4.78. The number of ether oxygens (including phenoxy) is 1. The minimum Gasteiger partial charge on any atom is -0.469 e. The molecule has 0 unspecified atom stereocenters. The van der Waals surface area contributed by atoms with Crippen LogP contribution in [0.3, 0.4) is 0 Å². The van der Waals surface area contributed by atoms with Crippen molar-refractivity contribution in [3.8, 4) is 6.07 Å². The molecule has 2 heterocycles. The molecular weight excluding hydrogens is 390 g/mol. The van der Waals surface area contributed by atoms with Crippen LogP contribution in [0.2, 0.25) is 0 Å². The van der Waals surface area contributed by atoms with Crippen LogP contribution in [0.5, 0.6) is 0 Å². The lowest BCUT2D eigenvalue weighted by Gasteiger charge is -2.27. The smallest absolute Gasteiger partial charge is 0.305 e. The van der Waals surface area contributed by atoms with Gasteiger partial charge in [0.15, 0.2) is 0 Å². The normalized spacial score (nSPS) is 12.6. The van der Waals surface area contributed by atoms with Crippen LogP contribution >= 0.6 is 11.3 Å². The summed E-state index contributed by atoms with van der Waals surface area (Å²) in [4.78, 5) is 38.7. The van der Waals surface area contributed by atoms with Gasteiger partial charge >= 0.3 is 5.97 Å². The molecule has 0 saturated heterocycles. The van der Waals surface area contributed by atoms with Crippen molar-refractivity contribution in [3.63, 3.8) is 0 Å². The third kappa shape index (κ3) is 4.81. The van der Waals surface area contributed by atoms with E-state index in [-0.39, 0.29) is 30.6 Å². The first kappa shape index (κ1) is 20.6. The number of anilines is 1. The molecule has 7 nitrogen and oxygen atoms in total. The van der Waals surface area contributed by atoms with Crippen molar-refractivity contribution in [2.75, 3.05) is 19.0 Å². The predicted molar refractivity (Wildman–Crippen MR) is 108 cm³/mol. The maximum atomic E-state index is 12.4. The molecule has 1 aliphatic rings. The predicted octanol–water partition coefficient (Wildman–Crippen LogP) is 3.10. The molecule has 2 amide bonds. The van der Waals surface area contributed by atoms with Crippen LogP contribution < -0.4 is 5.32 Å². The minimum atomic E-state index is -0.325. The van der Waals surface area contributed by atoms with Crippen molar-refractivity contribution >= 4 is 34.1 Å². The number of fused-ring (bicyclic) bond motifs is 1. The summed E-state index contributed by atoms with van der Waals surface area (Å²) < 4.78 is 4.59. The molecule has 0 radical (unpaired) electrons. The number of carbonyl (C=O) groups excluding carboxylic acids is 3. The van der Waals surface area contributed by atoms with Crippen LogP contribution in [0.15, 0.2) is 30.3 Å². The number of nitrogens with one attached hydrogen (secondary N) is 1. The van der Waals surface area contributed by atoms with Gasteiger partial charge in [0.05, 0.1) is 19.2 Å². The number of thiophene rings is 1. The zero-order valence-electron chi connectivity index (χ0n) is 16.1. The Labute approximate surface area is 172 Å². The molecule has 3 rings (SSSR count). The largest absolute Gasteiger partial charge is 0.469 e. The highest BCUT2D eigenvalue weighted by Gasteiger charge is 2.27. The molecule has 1 aliphatic heterocycles. The van der Waals surface area contributed by atoms with E-state index in [1.54, 1.807) is 29.2 Å². The van der Waals surface area contributed by atoms with E-state index in [1.807, 2.05) is 6.07 Å². The zero-order chi connectivity index (χ0) is 20.8. The lowest BCUT2D eigenvalue weighted by atomic mass is 10.0. The molecule has 1 aromatic carbocycles. The summed E-state index contributed by atoms with van der Waals surface area (Å²) >= 11 is 1.34. The van der Waals surface area contributed by atoms with Gasteiger partial charge in [-0.15, -0.1) is 11.3 Å². The highest BCUT2D eigenvalue weighted by atomic mass is 32.1. The van der Waals surface area contributed by atoms with Gasteiger partial charge in [-0.1, -0.05) is 18.2 Å². The Morgan fingerprint density at radius 3 is 2.69 bits per heavy atom. The fourth-order valence-electron chi connectivity index (χ4n) is 3.23. The lowest BCUT2D eigenvalue weighted by molar-refractivity contribution is -0.141. The van der Waals surface area contributed by atoms with Gasteiger partial charge in [0.2, 0.25) is 5.91 Å². The van der Waals surface area contributed by atoms with E-state index in [0.717, 1.165) is 10.4 Å². The van der Waals surface area contributed by atoms with E-state index in [1.165, 1.54) is 18.4 Å². The summed E-state index contributed by atoms with van der Waals surface area (Å²) in [5.41, 5.74) is 1.90. The molecule has 8 heteroatoms. The second-order valence-electron chi connectivity index (χ2n) is 6.63. The molecule has 1 aromatic heterocycles. The molecule has 0 bridgehead atoms. The molecule has 0 spiro atoms. The molecule has 0 atom stereocenters. The maximum Gasteiger partial charge on any atom is 0.305 e. The first-order valence-electron chi connectivity index (χ1n) is 9.29. The molecule has 2 aromatic rings. The summed E-state index contributed by atoms with van der Waals surface area (Å²) in [7, 11) is 1.33. The lowest BCUT2D eigenvalue weighted by Crippen LogP contribution is -2.35. The number of rotatable bonds is 6.